The van der Waals surface area contributed by atoms with Crippen molar-refractivity contribution < 1.29 is 28.9 Å². The molecule has 1 saturated carbocycles. The second-order valence-corrected chi connectivity index (χ2v) is 12.9. The van der Waals surface area contributed by atoms with Crippen LogP contribution in [0.3, 0.4) is 0 Å². The number of tetrazole rings is 1. The number of carbonyl (C=O) groups excluding carboxylic acids is 1. The maximum Gasteiger partial charge on any atom is 0.509 e. The van der Waals surface area contributed by atoms with Crippen LogP contribution in [0, 0.1) is 0 Å². The van der Waals surface area contributed by atoms with Crippen LogP contribution in [0.1, 0.15) is 79.1 Å². The van der Waals surface area contributed by atoms with Gasteiger partial charge in [0.15, 0.2) is 5.82 Å². The molecule has 12 heteroatoms. The van der Waals surface area contributed by atoms with Gasteiger partial charge in [-0.2, -0.15) is 4.98 Å². The minimum atomic E-state index is -1.10. The van der Waals surface area contributed by atoms with E-state index in [0.29, 0.717) is 35.6 Å². The summed E-state index contributed by atoms with van der Waals surface area (Å²) in [5.74, 6) is -0.445. The number of carbonyl (C=O) groups is 2. The van der Waals surface area contributed by atoms with Gasteiger partial charge >= 0.3 is 12.1 Å². The Morgan fingerprint density at radius 3 is 2.31 bits per heavy atom. The number of aromatic carboxylic acids is 1. The number of benzene rings is 4. The lowest BCUT2D eigenvalue weighted by molar-refractivity contribution is -0.00727. The molecule has 0 spiro atoms. The third-order valence-electron chi connectivity index (χ3n) is 9.40. The summed E-state index contributed by atoms with van der Waals surface area (Å²) >= 11 is 0. The number of imidazole rings is 1. The van der Waals surface area contributed by atoms with E-state index in [9.17, 15) is 14.7 Å². The molecule has 1 aliphatic carbocycles. The normalized spacial score (nSPS) is 13.9. The highest BCUT2D eigenvalue weighted by Gasteiger charge is 2.27. The highest BCUT2D eigenvalue weighted by atomic mass is 16.7. The Bertz CT molecular complexity index is 2170. The van der Waals surface area contributed by atoms with E-state index in [2.05, 4.69) is 15.5 Å². The molecule has 7 rings (SSSR count). The van der Waals surface area contributed by atoms with Gasteiger partial charge in [-0.3, -0.25) is 4.57 Å². The largest absolute Gasteiger partial charge is 0.509 e. The highest BCUT2D eigenvalue weighted by molar-refractivity contribution is 6.02. The number of hydrogen-bond acceptors (Lipinski definition) is 9. The molecule has 2 heterocycles. The SMILES string of the molecule is CCOc1nc2c(C(C)OC(=O)OC3CCCCC3)ccc(C(=O)O)c2n1Cc1ccc(-c2ccccc2-c2nnnn2Cc2ccccc2)cc1. The van der Waals surface area contributed by atoms with Gasteiger partial charge in [0, 0.05) is 11.1 Å². The molecule has 2 aromatic heterocycles. The van der Waals surface area contributed by atoms with Gasteiger partial charge in [0.25, 0.3) is 6.01 Å². The fourth-order valence-electron chi connectivity index (χ4n) is 6.84. The Morgan fingerprint density at radius 1 is 0.865 bits per heavy atom. The topological polar surface area (TPSA) is 143 Å². The van der Waals surface area contributed by atoms with Crippen LogP contribution in [0.5, 0.6) is 6.01 Å². The van der Waals surface area contributed by atoms with Gasteiger partial charge in [0.05, 0.1) is 30.8 Å². The van der Waals surface area contributed by atoms with Gasteiger partial charge in [0.1, 0.15) is 17.7 Å². The molecule has 1 unspecified atom stereocenters. The van der Waals surface area contributed by atoms with Crippen LogP contribution in [0.2, 0.25) is 0 Å². The van der Waals surface area contributed by atoms with E-state index in [-0.39, 0.29) is 24.2 Å². The van der Waals surface area contributed by atoms with E-state index in [1.807, 2.05) is 85.8 Å². The fourth-order valence-corrected chi connectivity index (χ4v) is 6.84. The summed E-state index contributed by atoms with van der Waals surface area (Å²) in [5.41, 5.74) is 6.21. The molecular formula is C40H40N6O6. The molecule has 1 fully saturated rings. The number of carboxylic acid groups (broad SMARTS) is 1. The van der Waals surface area contributed by atoms with Gasteiger partial charge in [-0.1, -0.05) is 91.3 Å². The Morgan fingerprint density at radius 2 is 1.58 bits per heavy atom. The number of fused-ring (bicyclic) bond motifs is 1. The van der Waals surface area contributed by atoms with Gasteiger partial charge < -0.3 is 19.3 Å². The molecular weight excluding hydrogens is 660 g/mol. The van der Waals surface area contributed by atoms with E-state index < -0.39 is 18.2 Å². The molecule has 266 valence electrons. The zero-order valence-electron chi connectivity index (χ0n) is 29.1. The van der Waals surface area contributed by atoms with Crippen molar-refractivity contribution in [1.29, 1.82) is 0 Å². The van der Waals surface area contributed by atoms with Crippen LogP contribution in [-0.4, -0.2) is 59.7 Å². The minimum Gasteiger partial charge on any atom is -0.478 e. The first kappa shape index (κ1) is 34.4. The molecule has 0 radical (unpaired) electrons. The van der Waals surface area contributed by atoms with Gasteiger partial charge in [-0.25, -0.2) is 14.3 Å². The van der Waals surface area contributed by atoms with E-state index in [1.165, 1.54) is 6.07 Å². The standard InChI is InChI=1S/C40H40N6O6/c1-3-50-39-41-35-31(26(2)51-40(49)52-30-14-8-5-9-15-30)22-23-34(38(47)48)36(35)45(39)24-28-18-20-29(21-19-28)32-16-10-11-17-33(32)37-42-43-44-46(37)25-27-12-6-4-7-13-27/h4,6-7,10-13,16-23,26,30H,3,5,8-9,14-15,24-25H2,1-2H3,(H,47,48). The van der Waals surface area contributed by atoms with Crippen molar-refractivity contribution in [3.05, 3.63) is 113 Å². The minimum absolute atomic E-state index is 0.0629. The summed E-state index contributed by atoms with van der Waals surface area (Å²) in [6.45, 7) is 4.71. The summed E-state index contributed by atoms with van der Waals surface area (Å²) < 4.78 is 20.8. The summed E-state index contributed by atoms with van der Waals surface area (Å²) in [5, 5.41) is 22.8. The molecule has 1 aliphatic rings. The molecule has 0 saturated heterocycles. The number of nitrogens with zero attached hydrogens (tertiary/aromatic N) is 6. The van der Waals surface area contributed by atoms with Crippen LogP contribution in [-0.2, 0) is 22.6 Å². The third kappa shape index (κ3) is 7.36. The first-order valence-electron chi connectivity index (χ1n) is 17.6. The van der Waals surface area contributed by atoms with Crippen molar-refractivity contribution in [3.63, 3.8) is 0 Å². The van der Waals surface area contributed by atoms with Crippen LogP contribution in [0.15, 0.2) is 91.0 Å². The molecule has 0 aliphatic heterocycles. The summed E-state index contributed by atoms with van der Waals surface area (Å²) in [7, 11) is 0. The average molecular weight is 701 g/mol. The van der Waals surface area contributed by atoms with E-state index >= 15 is 0 Å². The van der Waals surface area contributed by atoms with Crippen molar-refractivity contribution in [3.8, 4) is 28.5 Å². The second kappa shape index (κ2) is 15.5. The predicted molar refractivity (Wildman–Crippen MR) is 194 cm³/mol. The summed E-state index contributed by atoms with van der Waals surface area (Å²) in [6, 6.07) is 29.5. The van der Waals surface area contributed by atoms with Crippen molar-refractivity contribution in [1.82, 2.24) is 29.8 Å². The fraction of sp³-hybridized carbons (Fsp3) is 0.300. The van der Waals surface area contributed by atoms with Gasteiger partial charge in [-0.05, 0) is 78.3 Å². The first-order chi connectivity index (χ1) is 25.4. The van der Waals surface area contributed by atoms with Crippen LogP contribution in [0.25, 0.3) is 33.5 Å². The number of aromatic nitrogens is 6. The van der Waals surface area contributed by atoms with Crippen molar-refractivity contribution in [2.45, 2.75) is 71.2 Å². The molecule has 0 bridgehead atoms. The zero-order chi connectivity index (χ0) is 36.0. The quantitative estimate of drug-likeness (QED) is 0.124. The first-order valence-corrected chi connectivity index (χ1v) is 17.6. The maximum absolute atomic E-state index is 12.7. The Labute approximate surface area is 301 Å². The monoisotopic (exact) mass is 700 g/mol. The van der Waals surface area contributed by atoms with E-state index in [4.69, 9.17) is 19.2 Å². The smallest absolute Gasteiger partial charge is 0.478 e. The van der Waals surface area contributed by atoms with Crippen molar-refractivity contribution in [2.75, 3.05) is 6.61 Å². The molecule has 1 atom stereocenters. The molecule has 6 aromatic rings. The highest BCUT2D eigenvalue weighted by Crippen LogP contribution is 2.35. The lowest BCUT2D eigenvalue weighted by Crippen LogP contribution is -2.22. The number of rotatable bonds is 12. The van der Waals surface area contributed by atoms with E-state index in [1.54, 1.807) is 22.2 Å². The Balaban J connectivity index is 1.18. The lowest BCUT2D eigenvalue weighted by atomic mass is 9.98. The number of carboxylic acids is 1. The van der Waals surface area contributed by atoms with Crippen LogP contribution >= 0.6 is 0 Å². The third-order valence-corrected chi connectivity index (χ3v) is 9.40. The predicted octanol–water partition coefficient (Wildman–Crippen LogP) is 8.10. The van der Waals surface area contributed by atoms with Gasteiger partial charge in [0.2, 0.25) is 0 Å². The Hall–Kier alpha value is -6.04. The second-order valence-electron chi connectivity index (χ2n) is 12.9. The molecule has 12 nitrogen and oxygen atoms in total. The van der Waals surface area contributed by atoms with E-state index in [0.717, 1.165) is 59.9 Å². The number of hydrogen-bond donors (Lipinski definition) is 1. The van der Waals surface area contributed by atoms with Crippen LogP contribution in [0.4, 0.5) is 4.79 Å². The molecule has 52 heavy (non-hydrogen) atoms. The Kier molecular flexibility index (Phi) is 10.2. The molecule has 0 amide bonds. The average Bonchev–Trinajstić information content (AvgIpc) is 3.76. The van der Waals surface area contributed by atoms with Gasteiger partial charge in [-0.15, -0.1) is 5.10 Å². The lowest BCUT2D eigenvalue weighted by Gasteiger charge is -2.22. The summed E-state index contributed by atoms with van der Waals surface area (Å²) in [6.07, 6.45) is 3.20. The number of ether oxygens (including phenoxy) is 3. The van der Waals surface area contributed by atoms with Crippen LogP contribution < -0.4 is 4.74 Å². The molecule has 4 aromatic carbocycles. The molecule has 1 N–H and O–H groups in total. The van der Waals surface area contributed by atoms with Crippen molar-refractivity contribution >= 4 is 23.2 Å². The summed E-state index contributed by atoms with van der Waals surface area (Å²) in [4.78, 5) is 30.0. The van der Waals surface area contributed by atoms with Crippen molar-refractivity contribution in [2.24, 2.45) is 0 Å². The maximum atomic E-state index is 12.7. The zero-order valence-corrected chi connectivity index (χ0v) is 29.1.